The smallest absolute Gasteiger partial charge is 0.407 e. The van der Waals surface area contributed by atoms with Gasteiger partial charge in [0, 0.05) is 12.0 Å². The van der Waals surface area contributed by atoms with Gasteiger partial charge in [-0.1, -0.05) is 12.1 Å². The van der Waals surface area contributed by atoms with E-state index in [0.29, 0.717) is 25.3 Å². The number of hydrogen-bond acceptors (Lipinski definition) is 4. The van der Waals surface area contributed by atoms with Crippen molar-refractivity contribution in [3.8, 4) is 5.75 Å². The van der Waals surface area contributed by atoms with E-state index in [1.165, 1.54) is 4.90 Å². The second-order valence-electron chi connectivity index (χ2n) is 6.63. The van der Waals surface area contributed by atoms with Crippen LogP contribution in [-0.2, 0) is 6.42 Å². The van der Waals surface area contributed by atoms with E-state index < -0.39 is 11.6 Å². The fourth-order valence-corrected chi connectivity index (χ4v) is 2.34. The van der Waals surface area contributed by atoms with E-state index in [9.17, 15) is 9.90 Å². The minimum Gasteiger partial charge on any atom is -0.492 e. The quantitative estimate of drug-likeness (QED) is 0.849. The van der Waals surface area contributed by atoms with Crippen LogP contribution in [0.2, 0.25) is 0 Å². The van der Waals surface area contributed by atoms with E-state index in [-0.39, 0.29) is 0 Å². The molecule has 7 heteroatoms. The summed E-state index contributed by atoms with van der Waals surface area (Å²) in [7, 11) is 0. The van der Waals surface area contributed by atoms with Crippen molar-refractivity contribution in [2.24, 2.45) is 0 Å². The fourth-order valence-electron chi connectivity index (χ4n) is 2.34. The van der Waals surface area contributed by atoms with Gasteiger partial charge in [-0.05, 0) is 45.4 Å². The van der Waals surface area contributed by atoms with Gasteiger partial charge in [-0.15, -0.1) is 10.2 Å². The van der Waals surface area contributed by atoms with Crippen molar-refractivity contribution in [1.29, 1.82) is 0 Å². The first-order chi connectivity index (χ1) is 11.3. The van der Waals surface area contributed by atoms with Crippen LogP contribution >= 0.6 is 0 Å². The molecular weight excluding hydrogens is 308 g/mol. The Labute approximate surface area is 141 Å². The number of amides is 1. The maximum atomic E-state index is 11.3. The number of carboxylic acid groups (broad SMARTS) is 1. The maximum Gasteiger partial charge on any atom is 0.407 e. The first kappa shape index (κ1) is 17.8. The molecule has 1 aromatic heterocycles. The molecule has 0 aliphatic rings. The summed E-state index contributed by atoms with van der Waals surface area (Å²) < 4.78 is 5.65. The van der Waals surface area contributed by atoms with Gasteiger partial charge in [-0.25, -0.2) is 4.79 Å². The van der Waals surface area contributed by atoms with Crippen LogP contribution in [-0.4, -0.2) is 50.0 Å². The third-order valence-electron chi connectivity index (χ3n) is 3.57. The third kappa shape index (κ3) is 4.97. The van der Waals surface area contributed by atoms with Crippen LogP contribution in [0.3, 0.4) is 0 Å². The maximum absolute atomic E-state index is 11.3. The molecule has 2 rings (SSSR count). The molecule has 1 aromatic carbocycles. The van der Waals surface area contributed by atoms with E-state index in [4.69, 9.17) is 4.74 Å². The van der Waals surface area contributed by atoms with E-state index in [1.54, 1.807) is 0 Å². The summed E-state index contributed by atoms with van der Waals surface area (Å²) in [6.45, 7) is 8.08. The molecule has 2 N–H and O–H groups in total. The highest BCUT2D eigenvalue weighted by Gasteiger charge is 2.25. The Morgan fingerprint density at radius 1 is 1.25 bits per heavy atom. The van der Waals surface area contributed by atoms with Gasteiger partial charge < -0.3 is 19.7 Å². The molecule has 1 amide bonds. The summed E-state index contributed by atoms with van der Waals surface area (Å²) in [6, 6.07) is 7.68. The molecule has 24 heavy (non-hydrogen) atoms. The number of hydrogen-bond donors (Lipinski definition) is 2. The van der Waals surface area contributed by atoms with E-state index in [2.05, 4.69) is 15.2 Å². The summed E-state index contributed by atoms with van der Waals surface area (Å²) in [5.41, 5.74) is 0.647. The van der Waals surface area contributed by atoms with Crippen LogP contribution in [0.25, 0.3) is 0 Å². The zero-order chi connectivity index (χ0) is 17.7. The Morgan fingerprint density at radius 3 is 2.42 bits per heavy atom. The lowest BCUT2D eigenvalue weighted by atomic mass is 10.1. The van der Waals surface area contributed by atoms with Crippen molar-refractivity contribution in [1.82, 2.24) is 20.1 Å². The Kier molecular flexibility index (Phi) is 5.43. The van der Waals surface area contributed by atoms with Gasteiger partial charge in [0.15, 0.2) is 0 Å². The van der Waals surface area contributed by atoms with Gasteiger partial charge in [0.2, 0.25) is 0 Å². The first-order valence-electron chi connectivity index (χ1n) is 7.86. The standard InChI is InChI=1S/C17H24N4O3/c1-12-18-15(20-19-12)11-13-5-7-14(8-6-13)24-10-9-21(16(22)23)17(2,3)4/h5-8H,9-11H2,1-4H3,(H,22,23)(H,18,19,20). The predicted octanol–water partition coefficient (Wildman–Crippen LogP) is 2.86. The van der Waals surface area contributed by atoms with Crippen LogP contribution in [0.5, 0.6) is 5.75 Å². The minimum atomic E-state index is -0.941. The Hall–Kier alpha value is -2.57. The second kappa shape index (κ2) is 7.33. The number of benzene rings is 1. The number of aromatic nitrogens is 3. The second-order valence-corrected chi connectivity index (χ2v) is 6.63. The van der Waals surface area contributed by atoms with Crippen molar-refractivity contribution in [2.45, 2.75) is 39.7 Å². The third-order valence-corrected chi connectivity index (χ3v) is 3.57. The van der Waals surface area contributed by atoms with Gasteiger partial charge in [0.25, 0.3) is 0 Å². The first-order valence-corrected chi connectivity index (χ1v) is 7.86. The van der Waals surface area contributed by atoms with E-state index in [0.717, 1.165) is 17.2 Å². The molecule has 0 saturated heterocycles. The summed E-state index contributed by atoms with van der Waals surface area (Å²) in [4.78, 5) is 15.7. The van der Waals surface area contributed by atoms with Crippen LogP contribution in [0.15, 0.2) is 24.3 Å². The molecule has 0 bridgehead atoms. The predicted molar refractivity (Wildman–Crippen MR) is 90.3 cm³/mol. The highest BCUT2D eigenvalue weighted by molar-refractivity contribution is 5.65. The molecule has 0 aliphatic carbocycles. The number of nitrogens with one attached hydrogen (secondary N) is 1. The van der Waals surface area contributed by atoms with Gasteiger partial charge in [0.05, 0.1) is 6.54 Å². The van der Waals surface area contributed by atoms with Crippen molar-refractivity contribution >= 4 is 6.09 Å². The minimum absolute atomic E-state index is 0.310. The van der Waals surface area contributed by atoms with Gasteiger partial charge in [0.1, 0.15) is 24.0 Å². The molecule has 0 saturated carbocycles. The van der Waals surface area contributed by atoms with Crippen LogP contribution < -0.4 is 4.74 Å². The van der Waals surface area contributed by atoms with Crippen molar-refractivity contribution < 1.29 is 14.6 Å². The fraction of sp³-hybridized carbons (Fsp3) is 0.471. The molecule has 1 heterocycles. The molecule has 0 unspecified atom stereocenters. The number of H-pyrrole nitrogens is 1. The number of carbonyl (C=O) groups is 1. The Morgan fingerprint density at radius 2 is 1.92 bits per heavy atom. The number of nitrogens with zero attached hydrogens (tertiary/aromatic N) is 3. The number of aromatic amines is 1. The average molecular weight is 332 g/mol. The van der Waals surface area contributed by atoms with Crippen LogP contribution in [0, 0.1) is 6.92 Å². The van der Waals surface area contributed by atoms with E-state index >= 15 is 0 Å². The lowest BCUT2D eigenvalue weighted by Gasteiger charge is -2.32. The van der Waals surface area contributed by atoms with Crippen molar-refractivity contribution in [3.63, 3.8) is 0 Å². The zero-order valence-electron chi connectivity index (χ0n) is 14.5. The SMILES string of the molecule is Cc1nnc(Cc2ccc(OCCN(C(=O)O)C(C)(C)C)cc2)[nH]1. The molecular formula is C17H24N4O3. The highest BCUT2D eigenvalue weighted by atomic mass is 16.5. The molecule has 0 aliphatic heterocycles. The van der Waals surface area contributed by atoms with Crippen LogP contribution in [0.1, 0.15) is 38.0 Å². The molecule has 0 spiro atoms. The van der Waals surface area contributed by atoms with Crippen LogP contribution in [0.4, 0.5) is 4.79 Å². The monoisotopic (exact) mass is 332 g/mol. The van der Waals surface area contributed by atoms with Gasteiger partial charge in [-0.2, -0.15) is 0 Å². The number of rotatable bonds is 6. The highest BCUT2D eigenvalue weighted by Crippen LogP contribution is 2.16. The average Bonchev–Trinajstić information content (AvgIpc) is 2.88. The summed E-state index contributed by atoms with van der Waals surface area (Å²) in [5.74, 6) is 2.34. The largest absolute Gasteiger partial charge is 0.492 e. The lowest BCUT2D eigenvalue weighted by Crippen LogP contribution is -2.46. The topological polar surface area (TPSA) is 91.3 Å². The Bertz CT molecular complexity index is 674. The van der Waals surface area contributed by atoms with Crippen molar-refractivity contribution in [2.75, 3.05) is 13.2 Å². The summed E-state index contributed by atoms with van der Waals surface area (Å²) >= 11 is 0. The number of ether oxygens (including phenoxy) is 1. The molecule has 130 valence electrons. The normalized spacial score (nSPS) is 11.3. The molecule has 2 aromatic rings. The molecule has 0 fully saturated rings. The Balaban J connectivity index is 1.86. The molecule has 0 radical (unpaired) electrons. The summed E-state index contributed by atoms with van der Waals surface area (Å²) in [5, 5.41) is 17.2. The van der Waals surface area contributed by atoms with Crippen molar-refractivity contribution in [3.05, 3.63) is 41.5 Å². The number of aryl methyl sites for hydroxylation is 1. The van der Waals surface area contributed by atoms with E-state index in [1.807, 2.05) is 52.0 Å². The van der Waals surface area contributed by atoms with Gasteiger partial charge in [-0.3, -0.25) is 0 Å². The molecule has 0 atom stereocenters. The van der Waals surface area contributed by atoms with Gasteiger partial charge >= 0.3 is 6.09 Å². The zero-order valence-corrected chi connectivity index (χ0v) is 14.5. The molecule has 7 nitrogen and oxygen atoms in total. The lowest BCUT2D eigenvalue weighted by molar-refractivity contribution is 0.0892. The summed E-state index contributed by atoms with van der Waals surface area (Å²) in [6.07, 6.45) is -0.262.